The van der Waals surface area contributed by atoms with E-state index in [9.17, 15) is 4.79 Å². The molecule has 17 heavy (non-hydrogen) atoms. The fraction of sp³-hybridized carbons (Fsp3) is 0.364. The van der Waals surface area contributed by atoms with Crippen LogP contribution in [0.25, 0.3) is 0 Å². The minimum absolute atomic E-state index is 0.0618. The summed E-state index contributed by atoms with van der Waals surface area (Å²) in [7, 11) is 3.19. The Bertz CT molecular complexity index is 398. The van der Waals surface area contributed by atoms with E-state index in [0.717, 1.165) is 4.47 Å². The van der Waals surface area contributed by atoms with Gasteiger partial charge in [-0.2, -0.15) is 0 Å². The molecule has 0 heterocycles. The van der Waals surface area contributed by atoms with E-state index in [1.165, 1.54) is 4.90 Å². The first-order valence-electron chi connectivity index (χ1n) is 5.05. The van der Waals surface area contributed by atoms with Gasteiger partial charge in [-0.05, 0) is 34.1 Å². The molecule has 0 aliphatic carbocycles. The Morgan fingerprint density at radius 1 is 1.59 bits per heavy atom. The third-order valence-corrected chi connectivity index (χ3v) is 2.86. The standard InChI is InChI=1S/C11H15BrN2O3/c1-14(5-6-15)11(16)13-10-4-3-8(17-2)7-9(10)12/h3-4,7,15H,5-6H2,1-2H3,(H,13,16). The highest BCUT2D eigenvalue weighted by atomic mass is 79.9. The van der Waals surface area contributed by atoms with Gasteiger partial charge in [-0.25, -0.2) is 4.79 Å². The molecule has 0 aliphatic heterocycles. The summed E-state index contributed by atoms with van der Waals surface area (Å²) in [4.78, 5) is 13.1. The monoisotopic (exact) mass is 302 g/mol. The molecule has 2 amide bonds. The van der Waals surface area contributed by atoms with Gasteiger partial charge in [0.25, 0.3) is 0 Å². The fourth-order valence-electron chi connectivity index (χ4n) is 1.19. The maximum absolute atomic E-state index is 11.7. The Morgan fingerprint density at radius 3 is 2.82 bits per heavy atom. The molecule has 1 rings (SSSR count). The van der Waals surface area contributed by atoms with Crippen LogP contribution in [0.4, 0.5) is 10.5 Å². The number of carbonyl (C=O) groups is 1. The second-order valence-corrected chi connectivity index (χ2v) is 4.28. The Hall–Kier alpha value is -1.27. The van der Waals surface area contributed by atoms with Crippen molar-refractivity contribution in [3.8, 4) is 5.75 Å². The number of aliphatic hydroxyl groups excluding tert-OH is 1. The van der Waals surface area contributed by atoms with Crippen molar-refractivity contribution in [3.05, 3.63) is 22.7 Å². The number of halogens is 1. The molecule has 0 atom stereocenters. The smallest absolute Gasteiger partial charge is 0.321 e. The molecule has 5 nitrogen and oxygen atoms in total. The van der Waals surface area contributed by atoms with Crippen LogP contribution in [-0.2, 0) is 0 Å². The lowest BCUT2D eigenvalue weighted by molar-refractivity contribution is 0.202. The normalized spacial score (nSPS) is 9.88. The van der Waals surface area contributed by atoms with Crippen molar-refractivity contribution in [3.63, 3.8) is 0 Å². The Morgan fingerprint density at radius 2 is 2.29 bits per heavy atom. The number of methoxy groups -OCH3 is 1. The summed E-state index contributed by atoms with van der Waals surface area (Å²) < 4.78 is 5.79. The molecule has 0 saturated heterocycles. The number of amides is 2. The summed E-state index contributed by atoms with van der Waals surface area (Å²) in [6, 6.07) is 4.99. The molecule has 94 valence electrons. The molecule has 1 aromatic rings. The summed E-state index contributed by atoms with van der Waals surface area (Å²) in [6.07, 6.45) is 0. The molecular formula is C11H15BrN2O3. The van der Waals surface area contributed by atoms with Crippen molar-refractivity contribution < 1.29 is 14.6 Å². The average molecular weight is 303 g/mol. The highest BCUT2D eigenvalue weighted by molar-refractivity contribution is 9.10. The number of nitrogens with one attached hydrogen (secondary N) is 1. The Labute approximate surface area is 109 Å². The van der Waals surface area contributed by atoms with E-state index in [2.05, 4.69) is 21.2 Å². The quantitative estimate of drug-likeness (QED) is 0.893. The molecule has 6 heteroatoms. The topological polar surface area (TPSA) is 61.8 Å². The van der Waals surface area contributed by atoms with Crippen LogP contribution in [0.5, 0.6) is 5.75 Å². The Kier molecular flexibility index (Phi) is 5.24. The van der Waals surface area contributed by atoms with Crippen LogP contribution in [0.15, 0.2) is 22.7 Å². The van der Waals surface area contributed by atoms with Crippen LogP contribution in [0.3, 0.4) is 0 Å². The van der Waals surface area contributed by atoms with Crippen LogP contribution in [0.1, 0.15) is 0 Å². The second-order valence-electron chi connectivity index (χ2n) is 3.42. The van der Waals surface area contributed by atoms with E-state index < -0.39 is 0 Å². The molecule has 2 N–H and O–H groups in total. The number of aliphatic hydroxyl groups is 1. The van der Waals surface area contributed by atoms with Gasteiger partial charge in [-0.15, -0.1) is 0 Å². The lowest BCUT2D eigenvalue weighted by Crippen LogP contribution is -2.33. The zero-order valence-corrected chi connectivity index (χ0v) is 11.3. The van der Waals surface area contributed by atoms with Gasteiger partial charge in [0.2, 0.25) is 0 Å². The second kappa shape index (κ2) is 6.46. The van der Waals surface area contributed by atoms with Gasteiger partial charge >= 0.3 is 6.03 Å². The molecule has 0 aromatic heterocycles. The van der Waals surface area contributed by atoms with Gasteiger partial charge in [-0.3, -0.25) is 0 Å². The summed E-state index contributed by atoms with van der Waals surface area (Å²) >= 11 is 3.34. The van der Waals surface area contributed by atoms with Crippen molar-refractivity contribution in [2.45, 2.75) is 0 Å². The number of rotatable bonds is 4. The number of nitrogens with zero attached hydrogens (tertiary/aromatic N) is 1. The highest BCUT2D eigenvalue weighted by Gasteiger charge is 2.10. The third kappa shape index (κ3) is 3.90. The maximum Gasteiger partial charge on any atom is 0.321 e. The maximum atomic E-state index is 11.7. The summed E-state index contributed by atoms with van der Waals surface area (Å²) in [5, 5.41) is 11.4. The van der Waals surface area contributed by atoms with Gasteiger partial charge < -0.3 is 20.1 Å². The number of likely N-dealkylation sites (N-methyl/N-ethyl adjacent to an activating group) is 1. The highest BCUT2D eigenvalue weighted by Crippen LogP contribution is 2.27. The molecule has 0 saturated carbocycles. The molecule has 0 fully saturated rings. The van der Waals surface area contributed by atoms with Crippen LogP contribution >= 0.6 is 15.9 Å². The van der Waals surface area contributed by atoms with Crippen LogP contribution in [0.2, 0.25) is 0 Å². The summed E-state index contributed by atoms with van der Waals surface area (Å²) in [5.41, 5.74) is 0.653. The number of urea groups is 1. The Balaban J connectivity index is 2.71. The summed E-state index contributed by atoms with van der Waals surface area (Å²) in [6.45, 7) is 0.229. The average Bonchev–Trinajstić information content (AvgIpc) is 2.31. The lowest BCUT2D eigenvalue weighted by atomic mass is 10.3. The predicted molar refractivity (Wildman–Crippen MR) is 69.4 cm³/mol. The third-order valence-electron chi connectivity index (χ3n) is 2.20. The molecule has 0 unspecified atom stereocenters. The minimum atomic E-state index is -0.273. The number of hydrogen-bond donors (Lipinski definition) is 2. The molecule has 0 aliphatic rings. The molecular weight excluding hydrogens is 288 g/mol. The number of hydrogen-bond acceptors (Lipinski definition) is 3. The van der Waals surface area contributed by atoms with Crippen molar-refractivity contribution in [1.29, 1.82) is 0 Å². The molecule has 0 spiro atoms. The van der Waals surface area contributed by atoms with Gasteiger partial charge in [-0.1, -0.05) is 0 Å². The number of anilines is 1. The lowest BCUT2D eigenvalue weighted by Gasteiger charge is -2.17. The molecule has 0 bridgehead atoms. The number of carbonyl (C=O) groups excluding carboxylic acids is 1. The van der Waals surface area contributed by atoms with Crippen molar-refractivity contribution in [2.75, 3.05) is 32.6 Å². The first-order chi connectivity index (χ1) is 8.08. The number of benzene rings is 1. The zero-order valence-electron chi connectivity index (χ0n) is 9.74. The van der Waals surface area contributed by atoms with Crippen LogP contribution < -0.4 is 10.1 Å². The SMILES string of the molecule is COc1ccc(NC(=O)N(C)CCO)c(Br)c1. The summed E-state index contributed by atoms with van der Waals surface area (Å²) in [5.74, 6) is 0.707. The van der Waals surface area contributed by atoms with E-state index in [0.29, 0.717) is 18.0 Å². The molecule has 1 aromatic carbocycles. The van der Waals surface area contributed by atoms with Gasteiger partial charge in [0.1, 0.15) is 5.75 Å². The first kappa shape index (κ1) is 13.8. The van der Waals surface area contributed by atoms with E-state index >= 15 is 0 Å². The molecule has 0 radical (unpaired) electrons. The number of ether oxygens (including phenoxy) is 1. The van der Waals surface area contributed by atoms with E-state index in [4.69, 9.17) is 9.84 Å². The largest absolute Gasteiger partial charge is 0.497 e. The van der Waals surface area contributed by atoms with Gasteiger partial charge in [0.15, 0.2) is 0 Å². The predicted octanol–water partition coefficient (Wildman–Crippen LogP) is 1.91. The zero-order chi connectivity index (χ0) is 12.8. The van der Waals surface area contributed by atoms with Gasteiger partial charge in [0, 0.05) is 18.1 Å². The minimum Gasteiger partial charge on any atom is -0.497 e. The first-order valence-corrected chi connectivity index (χ1v) is 5.84. The van der Waals surface area contributed by atoms with Crippen LogP contribution in [0, 0.1) is 0 Å². The van der Waals surface area contributed by atoms with Crippen molar-refractivity contribution in [1.82, 2.24) is 4.90 Å². The van der Waals surface area contributed by atoms with E-state index in [1.807, 2.05) is 0 Å². The van der Waals surface area contributed by atoms with Crippen molar-refractivity contribution in [2.24, 2.45) is 0 Å². The van der Waals surface area contributed by atoms with Crippen molar-refractivity contribution >= 4 is 27.6 Å². The van der Waals surface area contributed by atoms with Crippen LogP contribution in [-0.4, -0.2) is 43.3 Å². The van der Waals surface area contributed by atoms with Gasteiger partial charge in [0.05, 0.1) is 19.4 Å². The van der Waals surface area contributed by atoms with E-state index in [-0.39, 0.29) is 12.6 Å². The van der Waals surface area contributed by atoms with E-state index in [1.54, 1.807) is 32.4 Å². The fourth-order valence-corrected chi connectivity index (χ4v) is 1.64.